The van der Waals surface area contributed by atoms with Gasteiger partial charge in [-0.15, -0.1) is 0 Å². The van der Waals surface area contributed by atoms with Crippen LogP contribution in [0.25, 0.3) is 0 Å². The Morgan fingerprint density at radius 2 is 2.17 bits per heavy atom. The van der Waals surface area contributed by atoms with E-state index in [1.165, 1.54) is 18.5 Å². The van der Waals surface area contributed by atoms with Crippen LogP contribution >= 0.6 is 0 Å². The number of aromatic nitrogens is 1. The summed E-state index contributed by atoms with van der Waals surface area (Å²) in [4.78, 5) is 26.9. The highest BCUT2D eigenvalue weighted by atomic mass is 16.2. The third kappa shape index (κ3) is 4.02. The summed E-state index contributed by atoms with van der Waals surface area (Å²) in [7, 11) is 0. The van der Waals surface area contributed by atoms with Crippen molar-refractivity contribution < 1.29 is 9.59 Å². The molecule has 2 amide bonds. The predicted molar refractivity (Wildman–Crippen MR) is 67.7 cm³/mol. The number of anilines is 1. The van der Waals surface area contributed by atoms with E-state index < -0.39 is 0 Å². The summed E-state index contributed by atoms with van der Waals surface area (Å²) in [6, 6.07) is 1.52. The molecule has 1 rings (SSSR count). The van der Waals surface area contributed by atoms with Gasteiger partial charge in [0.1, 0.15) is 0 Å². The lowest BCUT2D eigenvalue weighted by Gasteiger charge is -2.09. The van der Waals surface area contributed by atoms with Crippen LogP contribution < -0.4 is 21.9 Å². The highest BCUT2D eigenvalue weighted by Gasteiger charge is 2.11. The fourth-order valence-corrected chi connectivity index (χ4v) is 1.29. The molecule has 1 aromatic heterocycles. The lowest BCUT2D eigenvalue weighted by Crippen LogP contribution is -2.37. The molecule has 0 bridgehead atoms. The number of rotatable bonds is 6. The van der Waals surface area contributed by atoms with E-state index in [-0.39, 0.29) is 18.4 Å². The average molecular weight is 251 g/mol. The fourth-order valence-electron chi connectivity index (χ4n) is 1.29. The molecule has 0 saturated carbocycles. The zero-order valence-corrected chi connectivity index (χ0v) is 10.2. The van der Waals surface area contributed by atoms with E-state index in [2.05, 4.69) is 21.0 Å². The molecular formula is C11H17N5O2. The van der Waals surface area contributed by atoms with Crippen LogP contribution in [0.3, 0.4) is 0 Å². The Balaban J connectivity index is 2.52. The van der Waals surface area contributed by atoms with E-state index in [0.717, 1.165) is 6.42 Å². The standard InChI is InChI=1S/C11H17N5O2/c1-2-4-14-10(17)7-15-11(18)8-3-5-13-6-9(8)16-12/h3,5-6,16H,2,4,7,12H2,1H3,(H,14,17)(H,15,18). The first kappa shape index (κ1) is 13.9. The molecule has 1 heterocycles. The number of nitrogens with one attached hydrogen (secondary N) is 3. The Hall–Kier alpha value is -2.15. The molecule has 0 saturated heterocycles. The summed E-state index contributed by atoms with van der Waals surface area (Å²) in [6.07, 6.45) is 3.77. The fraction of sp³-hybridized carbons (Fsp3) is 0.364. The van der Waals surface area contributed by atoms with Crippen molar-refractivity contribution in [1.29, 1.82) is 0 Å². The van der Waals surface area contributed by atoms with Gasteiger partial charge in [0.05, 0.1) is 24.0 Å². The molecule has 0 aliphatic carbocycles. The summed E-state index contributed by atoms with van der Waals surface area (Å²) >= 11 is 0. The first-order valence-electron chi connectivity index (χ1n) is 5.64. The minimum atomic E-state index is -0.378. The van der Waals surface area contributed by atoms with Crippen molar-refractivity contribution in [2.45, 2.75) is 13.3 Å². The van der Waals surface area contributed by atoms with Gasteiger partial charge in [0.2, 0.25) is 5.91 Å². The molecule has 7 nitrogen and oxygen atoms in total. The van der Waals surface area contributed by atoms with Gasteiger partial charge in [-0.1, -0.05) is 6.92 Å². The number of nitrogens with two attached hydrogens (primary N) is 1. The van der Waals surface area contributed by atoms with E-state index >= 15 is 0 Å². The highest BCUT2D eigenvalue weighted by Crippen LogP contribution is 2.10. The second-order valence-electron chi connectivity index (χ2n) is 3.60. The molecule has 0 aliphatic rings. The molecule has 0 unspecified atom stereocenters. The largest absolute Gasteiger partial charge is 0.355 e. The second kappa shape index (κ2) is 7.23. The van der Waals surface area contributed by atoms with Gasteiger partial charge in [0.15, 0.2) is 0 Å². The average Bonchev–Trinajstić information content (AvgIpc) is 2.42. The van der Waals surface area contributed by atoms with E-state index in [9.17, 15) is 9.59 Å². The monoisotopic (exact) mass is 251 g/mol. The van der Waals surface area contributed by atoms with Gasteiger partial charge in [-0.3, -0.25) is 20.4 Å². The molecule has 5 N–H and O–H groups in total. The second-order valence-corrected chi connectivity index (χ2v) is 3.60. The number of hydrogen-bond donors (Lipinski definition) is 4. The van der Waals surface area contributed by atoms with Gasteiger partial charge in [-0.2, -0.15) is 0 Å². The van der Waals surface area contributed by atoms with Crippen molar-refractivity contribution in [3.8, 4) is 0 Å². The molecule has 0 fully saturated rings. The number of pyridine rings is 1. The zero-order chi connectivity index (χ0) is 13.4. The van der Waals surface area contributed by atoms with Crippen molar-refractivity contribution in [3.05, 3.63) is 24.0 Å². The number of carbonyl (C=O) groups is 2. The molecule has 0 spiro atoms. The Morgan fingerprint density at radius 1 is 1.39 bits per heavy atom. The Bertz CT molecular complexity index is 422. The topological polar surface area (TPSA) is 109 Å². The molecular weight excluding hydrogens is 234 g/mol. The minimum absolute atomic E-state index is 0.0643. The van der Waals surface area contributed by atoms with Crippen LogP contribution in [0.2, 0.25) is 0 Å². The van der Waals surface area contributed by atoms with Crippen LogP contribution in [0.4, 0.5) is 5.69 Å². The van der Waals surface area contributed by atoms with Crippen LogP contribution in [0.15, 0.2) is 18.5 Å². The molecule has 98 valence electrons. The van der Waals surface area contributed by atoms with Crippen molar-refractivity contribution in [1.82, 2.24) is 15.6 Å². The lowest BCUT2D eigenvalue weighted by atomic mass is 10.2. The third-order valence-corrected chi connectivity index (χ3v) is 2.20. The number of amides is 2. The van der Waals surface area contributed by atoms with Crippen molar-refractivity contribution >= 4 is 17.5 Å². The van der Waals surface area contributed by atoms with Gasteiger partial charge >= 0.3 is 0 Å². The summed E-state index contributed by atoms with van der Waals surface area (Å²) in [5.74, 6) is 4.66. The Morgan fingerprint density at radius 3 is 2.83 bits per heavy atom. The van der Waals surface area contributed by atoms with E-state index in [1.807, 2.05) is 6.92 Å². The number of nitrogens with zero attached hydrogens (tertiary/aromatic N) is 1. The van der Waals surface area contributed by atoms with Gasteiger partial charge in [0, 0.05) is 12.7 Å². The zero-order valence-electron chi connectivity index (χ0n) is 10.2. The summed E-state index contributed by atoms with van der Waals surface area (Å²) < 4.78 is 0. The Labute approximate surface area is 105 Å². The molecule has 7 heteroatoms. The summed E-state index contributed by atoms with van der Waals surface area (Å²) in [5.41, 5.74) is 3.12. The van der Waals surface area contributed by atoms with Gasteiger partial charge < -0.3 is 16.1 Å². The first-order chi connectivity index (χ1) is 8.69. The summed E-state index contributed by atoms with van der Waals surface area (Å²) in [6.45, 7) is 2.49. The van der Waals surface area contributed by atoms with Crippen molar-refractivity contribution in [3.63, 3.8) is 0 Å². The normalized spacial score (nSPS) is 9.67. The van der Waals surface area contributed by atoms with E-state index in [4.69, 9.17) is 5.84 Å². The lowest BCUT2D eigenvalue weighted by molar-refractivity contribution is -0.120. The predicted octanol–water partition coefficient (Wildman–Crippen LogP) is -0.377. The third-order valence-electron chi connectivity index (χ3n) is 2.20. The molecule has 18 heavy (non-hydrogen) atoms. The van der Waals surface area contributed by atoms with E-state index in [0.29, 0.717) is 17.8 Å². The molecule has 0 aromatic carbocycles. The quantitative estimate of drug-likeness (QED) is 0.407. The number of hydrazine groups is 1. The van der Waals surface area contributed by atoms with Gasteiger partial charge in [0.25, 0.3) is 5.91 Å². The maximum Gasteiger partial charge on any atom is 0.253 e. The SMILES string of the molecule is CCCNC(=O)CNC(=O)c1ccncc1NN. The Kier molecular flexibility index (Phi) is 5.59. The maximum atomic E-state index is 11.8. The van der Waals surface area contributed by atoms with Crippen molar-refractivity contribution in [2.24, 2.45) is 5.84 Å². The number of hydrogen-bond acceptors (Lipinski definition) is 5. The van der Waals surface area contributed by atoms with Crippen LogP contribution in [0, 0.1) is 0 Å². The first-order valence-corrected chi connectivity index (χ1v) is 5.64. The van der Waals surface area contributed by atoms with Gasteiger partial charge in [-0.05, 0) is 12.5 Å². The minimum Gasteiger partial charge on any atom is -0.355 e. The van der Waals surface area contributed by atoms with Crippen LogP contribution in [0.5, 0.6) is 0 Å². The van der Waals surface area contributed by atoms with Crippen molar-refractivity contribution in [2.75, 3.05) is 18.5 Å². The molecule has 0 radical (unpaired) electrons. The van der Waals surface area contributed by atoms with Crippen LogP contribution in [0.1, 0.15) is 23.7 Å². The molecule has 0 aliphatic heterocycles. The van der Waals surface area contributed by atoms with Crippen LogP contribution in [-0.4, -0.2) is 29.9 Å². The highest BCUT2D eigenvalue weighted by molar-refractivity contribution is 6.00. The summed E-state index contributed by atoms with van der Waals surface area (Å²) in [5, 5.41) is 5.17. The van der Waals surface area contributed by atoms with Crippen LogP contribution in [-0.2, 0) is 4.79 Å². The maximum absolute atomic E-state index is 11.8. The van der Waals surface area contributed by atoms with Gasteiger partial charge in [-0.25, -0.2) is 0 Å². The van der Waals surface area contributed by atoms with E-state index in [1.54, 1.807) is 0 Å². The smallest absolute Gasteiger partial charge is 0.253 e. The number of carbonyl (C=O) groups excluding carboxylic acids is 2. The molecule has 1 aromatic rings. The molecule has 0 atom stereocenters. The number of nitrogen functional groups attached to an aromatic ring is 1.